The Kier molecular flexibility index (Phi) is 6.07. The predicted octanol–water partition coefficient (Wildman–Crippen LogP) is 4.62. The second-order valence-corrected chi connectivity index (χ2v) is 9.18. The van der Waals surface area contributed by atoms with Crippen molar-refractivity contribution >= 4 is 56.1 Å². The number of hydrogen-bond acceptors (Lipinski definition) is 7. The third-order valence-corrected chi connectivity index (χ3v) is 7.00. The van der Waals surface area contributed by atoms with E-state index in [1.807, 2.05) is 50.2 Å². The van der Waals surface area contributed by atoms with E-state index in [1.54, 1.807) is 12.1 Å². The Morgan fingerprint density at radius 3 is 2.44 bits per heavy atom. The molecule has 0 saturated carbocycles. The lowest BCUT2D eigenvalue weighted by Crippen LogP contribution is -2.34. The number of hydrogen-bond donors (Lipinski definition) is 0. The summed E-state index contributed by atoms with van der Waals surface area (Å²) in [5, 5.41) is 0.526. The maximum atomic E-state index is 13.0. The first-order valence-corrected chi connectivity index (χ1v) is 12.1. The Hall–Kier alpha value is -4.37. The molecule has 0 fully saturated rings. The van der Waals surface area contributed by atoms with Crippen molar-refractivity contribution in [2.75, 3.05) is 23.0 Å². The fourth-order valence-corrected chi connectivity index (χ4v) is 5.13. The van der Waals surface area contributed by atoms with E-state index in [0.29, 0.717) is 17.4 Å². The number of nitrogens with zero attached hydrogens (tertiary/aromatic N) is 3. The molecule has 180 valence electrons. The van der Waals surface area contributed by atoms with Gasteiger partial charge in [-0.2, -0.15) is 0 Å². The van der Waals surface area contributed by atoms with Gasteiger partial charge in [0.2, 0.25) is 0 Å². The number of fused-ring (bicyclic) bond motifs is 2. The van der Waals surface area contributed by atoms with E-state index in [-0.39, 0.29) is 16.7 Å². The highest BCUT2D eigenvalue weighted by Crippen LogP contribution is 2.31. The summed E-state index contributed by atoms with van der Waals surface area (Å²) in [6, 6.07) is 18.8. The van der Waals surface area contributed by atoms with Crippen LogP contribution >= 0.6 is 11.3 Å². The first-order valence-electron chi connectivity index (χ1n) is 11.3. The van der Waals surface area contributed by atoms with Crippen LogP contribution in [0.15, 0.2) is 66.7 Å². The number of ether oxygens (including phenoxy) is 1. The number of aromatic nitrogens is 1. The van der Waals surface area contributed by atoms with Crippen molar-refractivity contribution in [2.45, 2.75) is 13.8 Å². The van der Waals surface area contributed by atoms with Crippen LogP contribution in [0.3, 0.4) is 0 Å². The number of benzene rings is 3. The van der Waals surface area contributed by atoms with Crippen LogP contribution in [0.2, 0.25) is 0 Å². The molecule has 0 saturated heterocycles. The lowest BCUT2D eigenvalue weighted by molar-refractivity contribution is -0.121. The SMILES string of the molecule is CCN(C(=O)COC(=O)c1ccc2c(c1)C(=O)N(c1ccccc1C)C2=O)c1nc2ccccc2s1. The van der Waals surface area contributed by atoms with Crippen LogP contribution in [-0.2, 0) is 9.53 Å². The third-order valence-electron chi connectivity index (χ3n) is 5.94. The molecule has 8 nitrogen and oxygen atoms in total. The van der Waals surface area contributed by atoms with Crippen molar-refractivity contribution in [1.29, 1.82) is 0 Å². The number of likely N-dealkylation sites (N-methyl/N-ethyl adjacent to an activating group) is 1. The van der Waals surface area contributed by atoms with Crippen molar-refractivity contribution in [2.24, 2.45) is 0 Å². The molecule has 1 aliphatic heterocycles. The van der Waals surface area contributed by atoms with Crippen molar-refractivity contribution in [3.63, 3.8) is 0 Å². The average Bonchev–Trinajstić information content (AvgIpc) is 3.42. The summed E-state index contributed by atoms with van der Waals surface area (Å²) in [4.78, 5) is 58.5. The van der Waals surface area contributed by atoms with Crippen LogP contribution in [0.25, 0.3) is 10.2 Å². The monoisotopic (exact) mass is 499 g/mol. The van der Waals surface area contributed by atoms with Crippen LogP contribution in [-0.4, -0.2) is 41.8 Å². The number of para-hydroxylation sites is 2. The number of carbonyl (C=O) groups excluding carboxylic acids is 4. The Bertz CT molecular complexity index is 1510. The molecule has 1 aliphatic rings. The summed E-state index contributed by atoms with van der Waals surface area (Å²) in [7, 11) is 0. The van der Waals surface area contributed by atoms with Crippen LogP contribution in [0.4, 0.5) is 10.8 Å². The van der Waals surface area contributed by atoms with Crippen molar-refractivity contribution in [3.8, 4) is 0 Å². The zero-order valence-corrected chi connectivity index (χ0v) is 20.4. The molecule has 0 N–H and O–H groups in total. The fourth-order valence-electron chi connectivity index (χ4n) is 4.08. The van der Waals surface area contributed by atoms with Gasteiger partial charge in [0.05, 0.1) is 32.6 Å². The van der Waals surface area contributed by atoms with Crippen molar-refractivity contribution in [3.05, 3.63) is 89.0 Å². The molecular weight excluding hydrogens is 478 g/mol. The van der Waals surface area contributed by atoms with Gasteiger partial charge in [-0.05, 0) is 55.8 Å². The minimum absolute atomic E-state index is 0.0809. The van der Waals surface area contributed by atoms with Gasteiger partial charge >= 0.3 is 5.97 Å². The van der Waals surface area contributed by atoms with Gasteiger partial charge in [0.1, 0.15) is 0 Å². The number of esters is 1. The summed E-state index contributed by atoms with van der Waals surface area (Å²) in [5.74, 6) is -2.14. The Balaban J connectivity index is 1.30. The molecule has 9 heteroatoms. The maximum absolute atomic E-state index is 13.0. The van der Waals surface area contributed by atoms with E-state index in [4.69, 9.17) is 4.74 Å². The van der Waals surface area contributed by atoms with Crippen LogP contribution in [0, 0.1) is 6.92 Å². The first kappa shape index (κ1) is 23.4. The highest BCUT2D eigenvalue weighted by Gasteiger charge is 2.37. The largest absolute Gasteiger partial charge is 0.452 e. The van der Waals surface area contributed by atoms with E-state index in [0.717, 1.165) is 20.7 Å². The first-order chi connectivity index (χ1) is 17.4. The molecule has 2 heterocycles. The van der Waals surface area contributed by atoms with Gasteiger partial charge in [-0.25, -0.2) is 14.7 Å². The van der Waals surface area contributed by atoms with Crippen molar-refractivity contribution in [1.82, 2.24) is 4.98 Å². The van der Waals surface area contributed by atoms with Gasteiger partial charge in [0.15, 0.2) is 11.7 Å². The lowest BCUT2D eigenvalue weighted by atomic mass is 10.1. The molecular formula is C27H21N3O5S. The normalized spacial score (nSPS) is 12.7. The van der Waals surface area contributed by atoms with E-state index < -0.39 is 30.3 Å². The van der Waals surface area contributed by atoms with Gasteiger partial charge in [0.25, 0.3) is 17.7 Å². The van der Waals surface area contributed by atoms with E-state index in [2.05, 4.69) is 4.98 Å². The molecule has 0 radical (unpaired) electrons. The zero-order chi connectivity index (χ0) is 25.4. The quantitative estimate of drug-likeness (QED) is 0.284. The van der Waals surface area contributed by atoms with Crippen LogP contribution in [0.1, 0.15) is 43.6 Å². The predicted molar refractivity (Wildman–Crippen MR) is 137 cm³/mol. The highest BCUT2D eigenvalue weighted by atomic mass is 32.1. The zero-order valence-electron chi connectivity index (χ0n) is 19.6. The molecule has 4 aromatic rings. The third kappa shape index (κ3) is 4.03. The lowest BCUT2D eigenvalue weighted by Gasteiger charge is -2.17. The number of amides is 3. The summed E-state index contributed by atoms with van der Waals surface area (Å²) >= 11 is 1.38. The molecule has 1 aromatic heterocycles. The molecule has 0 unspecified atom stereocenters. The van der Waals surface area contributed by atoms with Crippen LogP contribution in [0.5, 0.6) is 0 Å². The molecule has 0 aliphatic carbocycles. The summed E-state index contributed by atoms with van der Waals surface area (Å²) in [6.45, 7) is 3.50. The van der Waals surface area contributed by atoms with Crippen molar-refractivity contribution < 1.29 is 23.9 Å². The van der Waals surface area contributed by atoms with Gasteiger partial charge in [-0.15, -0.1) is 0 Å². The van der Waals surface area contributed by atoms with Gasteiger partial charge in [0, 0.05) is 6.54 Å². The number of rotatable bonds is 6. The molecule has 5 rings (SSSR count). The molecule has 3 amide bonds. The highest BCUT2D eigenvalue weighted by molar-refractivity contribution is 7.22. The smallest absolute Gasteiger partial charge is 0.338 e. The second kappa shape index (κ2) is 9.35. The summed E-state index contributed by atoms with van der Waals surface area (Å²) < 4.78 is 6.21. The Morgan fingerprint density at radius 1 is 0.972 bits per heavy atom. The Labute approximate surface area is 210 Å². The number of thiazole rings is 1. The topological polar surface area (TPSA) is 96.9 Å². The van der Waals surface area contributed by atoms with E-state index >= 15 is 0 Å². The molecule has 0 spiro atoms. The minimum Gasteiger partial charge on any atom is -0.452 e. The summed E-state index contributed by atoms with van der Waals surface area (Å²) in [6.07, 6.45) is 0. The van der Waals surface area contributed by atoms with Gasteiger partial charge in [-0.3, -0.25) is 19.3 Å². The number of carbonyl (C=O) groups is 4. The number of imide groups is 1. The average molecular weight is 500 g/mol. The Morgan fingerprint density at radius 2 is 1.69 bits per heavy atom. The minimum atomic E-state index is -0.763. The molecule has 0 atom stereocenters. The molecule has 0 bridgehead atoms. The van der Waals surface area contributed by atoms with Gasteiger partial charge in [-0.1, -0.05) is 41.7 Å². The number of anilines is 2. The molecule has 36 heavy (non-hydrogen) atoms. The fraction of sp³-hybridized carbons (Fsp3) is 0.148. The van der Waals surface area contributed by atoms with E-state index in [1.165, 1.54) is 34.4 Å². The standard InChI is InChI=1S/C27H21N3O5S/c1-3-29(27-28-20-9-5-7-11-22(20)36-27)23(31)15-35-26(34)17-12-13-18-19(14-17)25(33)30(24(18)32)21-10-6-4-8-16(21)2/h4-14H,3,15H2,1-2H3. The second-order valence-electron chi connectivity index (χ2n) is 8.17. The van der Waals surface area contributed by atoms with Gasteiger partial charge < -0.3 is 4.74 Å². The van der Waals surface area contributed by atoms with Crippen LogP contribution < -0.4 is 9.80 Å². The summed E-state index contributed by atoms with van der Waals surface area (Å²) in [5.41, 5.74) is 2.47. The number of aryl methyl sites for hydroxylation is 1. The molecule has 3 aromatic carbocycles. The maximum Gasteiger partial charge on any atom is 0.338 e. The van der Waals surface area contributed by atoms with E-state index in [9.17, 15) is 19.2 Å².